The first kappa shape index (κ1) is 14.5. The molecule has 0 saturated carbocycles. The summed E-state index contributed by atoms with van der Waals surface area (Å²) in [5.41, 5.74) is 2.71. The van der Waals surface area contributed by atoms with Crippen LogP contribution in [0.4, 0.5) is 0 Å². The SMILES string of the molecule is CCC(=Cc1ccc(-c2ccc(Br)cc2)s1)CNC. The Kier molecular flexibility index (Phi) is 5.37. The molecule has 0 fully saturated rings. The van der Waals surface area contributed by atoms with Crippen molar-refractivity contribution < 1.29 is 0 Å². The summed E-state index contributed by atoms with van der Waals surface area (Å²) in [5.74, 6) is 0. The van der Waals surface area contributed by atoms with Gasteiger partial charge in [0.1, 0.15) is 0 Å². The lowest BCUT2D eigenvalue weighted by atomic mass is 10.1. The van der Waals surface area contributed by atoms with E-state index in [0.717, 1.165) is 17.4 Å². The molecule has 0 radical (unpaired) electrons. The summed E-state index contributed by atoms with van der Waals surface area (Å²) < 4.78 is 1.12. The van der Waals surface area contributed by atoms with Crippen molar-refractivity contribution in [3.63, 3.8) is 0 Å². The average molecular weight is 336 g/mol. The average Bonchev–Trinajstić information content (AvgIpc) is 2.87. The molecule has 0 atom stereocenters. The largest absolute Gasteiger partial charge is 0.316 e. The molecule has 0 saturated heterocycles. The Bertz CT molecular complexity index is 554. The van der Waals surface area contributed by atoms with Crippen molar-refractivity contribution in [2.75, 3.05) is 13.6 Å². The molecule has 1 nitrogen and oxygen atoms in total. The van der Waals surface area contributed by atoms with Gasteiger partial charge in [-0.25, -0.2) is 0 Å². The highest BCUT2D eigenvalue weighted by atomic mass is 79.9. The Morgan fingerprint density at radius 3 is 2.58 bits per heavy atom. The van der Waals surface area contributed by atoms with E-state index in [4.69, 9.17) is 0 Å². The van der Waals surface area contributed by atoms with Crippen molar-refractivity contribution in [2.45, 2.75) is 13.3 Å². The topological polar surface area (TPSA) is 12.0 Å². The molecule has 1 N–H and O–H groups in total. The third kappa shape index (κ3) is 4.03. The lowest BCUT2D eigenvalue weighted by Crippen LogP contribution is -2.09. The molecule has 2 aromatic rings. The maximum Gasteiger partial charge on any atom is 0.0349 e. The molecule has 1 aromatic heterocycles. The van der Waals surface area contributed by atoms with Crippen LogP contribution < -0.4 is 5.32 Å². The zero-order valence-electron chi connectivity index (χ0n) is 11.2. The van der Waals surface area contributed by atoms with Gasteiger partial charge in [0.15, 0.2) is 0 Å². The van der Waals surface area contributed by atoms with Gasteiger partial charge in [-0.2, -0.15) is 0 Å². The van der Waals surface area contributed by atoms with Gasteiger partial charge >= 0.3 is 0 Å². The Balaban J connectivity index is 2.21. The number of benzene rings is 1. The maximum atomic E-state index is 3.47. The van der Waals surface area contributed by atoms with E-state index in [2.05, 4.69) is 70.6 Å². The lowest BCUT2D eigenvalue weighted by molar-refractivity contribution is 0.851. The number of hydrogen-bond acceptors (Lipinski definition) is 2. The molecular weight excluding hydrogens is 318 g/mol. The first-order valence-electron chi connectivity index (χ1n) is 6.42. The predicted molar refractivity (Wildman–Crippen MR) is 89.6 cm³/mol. The molecule has 100 valence electrons. The summed E-state index contributed by atoms with van der Waals surface area (Å²) >= 11 is 5.31. The molecule has 0 aliphatic rings. The molecular formula is C16H18BrNS. The molecule has 0 amide bonds. The van der Waals surface area contributed by atoms with Crippen molar-refractivity contribution in [3.05, 3.63) is 51.3 Å². The number of rotatable bonds is 5. The Morgan fingerprint density at radius 2 is 1.95 bits per heavy atom. The summed E-state index contributed by atoms with van der Waals surface area (Å²) in [6.45, 7) is 3.16. The summed E-state index contributed by atoms with van der Waals surface area (Å²) in [6.07, 6.45) is 3.38. The second-order valence-electron chi connectivity index (χ2n) is 4.40. The predicted octanol–water partition coefficient (Wildman–Crippen LogP) is 5.19. The van der Waals surface area contributed by atoms with Gasteiger partial charge in [-0.1, -0.05) is 40.6 Å². The van der Waals surface area contributed by atoms with Gasteiger partial charge in [-0.3, -0.25) is 0 Å². The molecule has 3 heteroatoms. The van der Waals surface area contributed by atoms with E-state index in [-0.39, 0.29) is 0 Å². The van der Waals surface area contributed by atoms with Gasteiger partial charge in [0.05, 0.1) is 0 Å². The minimum atomic E-state index is 0.960. The standard InChI is InChI=1S/C16H18BrNS/c1-3-12(11-18-2)10-15-8-9-16(19-15)13-4-6-14(17)7-5-13/h4-10,18H,3,11H2,1-2H3. The fourth-order valence-corrected chi connectivity index (χ4v) is 3.18. The minimum Gasteiger partial charge on any atom is -0.316 e. The molecule has 0 unspecified atom stereocenters. The number of thiophene rings is 1. The third-order valence-electron chi connectivity index (χ3n) is 2.96. The van der Waals surface area contributed by atoms with Crippen molar-refractivity contribution in [2.24, 2.45) is 0 Å². The van der Waals surface area contributed by atoms with Crippen LogP contribution in [-0.2, 0) is 0 Å². The molecule has 0 bridgehead atoms. The first-order chi connectivity index (χ1) is 9.22. The van der Waals surface area contributed by atoms with E-state index >= 15 is 0 Å². The first-order valence-corrected chi connectivity index (χ1v) is 8.03. The fraction of sp³-hybridized carbons (Fsp3) is 0.250. The lowest BCUT2D eigenvalue weighted by Gasteiger charge is -2.02. The zero-order valence-corrected chi connectivity index (χ0v) is 13.6. The van der Waals surface area contributed by atoms with Crippen LogP contribution in [0.5, 0.6) is 0 Å². The Hall–Kier alpha value is -0.900. The molecule has 1 aromatic carbocycles. The molecule has 0 spiro atoms. The smallest absolute Gasteiger partial charge is 0.0349 e. The van der Waals surface area contributed by atoms with E-state index in [1.165, 1.54) is 20.9 Å². The second-order valence-corrected chi connectivity index (χ2v) is 6.43. The van der Waals surface area contributed by atoms with E-state index < -0.39 is 0 Å². The summed E-state index contributed by atoms with van der Waals surface area (Å²) in [6, 6.07) is 12.9. The highest BCUT2D eigenvalue weighted by Gasteiger charge is 2.02. The van der Waals surface area contributed by atoms with Crippen LogP contribution in [0.3, 0.4) is 0 Å². The highest BCUT2D eigenvalue weighted by Crippen LogP contribution is 2.30. The van der Waals surface area contributed by atoms with Crippen LogP contribution in [0.1, 0.15) is 18.2 Å². The fourth-order valence-electron chi connectivity index (χ4n) is 1.91. The Labute approximate surface area is 127 Å². The summed E-state index contributed by atoms with van der Waals surface area (Å²) in [5, 5.41) is 3.21. The van der Waals surface area contributed by atoms with Crippen LogP contribution in [0.15, 0.2) is 46.4 Å². The number of nitrogens with one attached hydrogen (secondary N) is 1. The summed E-state index contributed by atoms with van der Waals surface area (Å²) in [4.78, 5) is 2.64. The Morgan fingerprint density at radius 1 is 1.21 bits per heavy atom. The van der Waals surface area contributed by atoms with Gasteiger partial charge in [0.2, 0.25) is 0 Å². The van der Waals surface area contributed by atoms with Crippen molar-refractivity contribution in [3.8, 4) is 10.4 Å². The third-order valence-corrected chi connectivity index (χ3v) is 4.57. The van der Waals surface area contributed by atoms with Crippen molar-refractivity contribution in [1.82, 2.24) is 5.32 Å². The van der Waals surface area contributed by atoms with E-state index in [9.17, 15) is 0 Å². The van der Waals surface area contributed by atoms with Crippen LogP contribution in [0, 0.1) is 0 Å². The van der Waals surface area contributed by atoms with E-state index in [0.29, 0.717) is 0 Å². The van der Waals surface area contributed by atoms with Gasteiger partial charge in [-0.05, 0) is 49.4 Å². The van der Waals surface area contributed by atoms with E-state index in [1.54, 1.807) is 0 Å². The molecule has 19 heavy (non-hydrogen) atoms. The van der Waals surface area contributed by atoms with Gasteiger partial charge in [0, 0.05) is 20.8 Å². The van der Waals surface area contributed by atoms with E-state index in [1.807, 2.05) is 18.4 Å². The molecule has 0 aliphatic heterocycles. The van der Waals surface area contributed by atoms with Crippen molar-refractivity contribution in [1.29, 1.82) is 0 Å². The highest BCUT2D eigenvalue weighted by molar-refractivity contribution is 9.10. The molecule has 1 heterocycles. The second kappa shape index (κ2) is 7.04. The van der Waals surface area contributed by atoms with Gasteiger partial charge in [-0.15, -0.1) is 11.3 Å². The van der Waals surface area contributed by atoms with Gasteiger partial charge < -0.3 is 5.32 Å². The minimum absolute atomic E-state index is 0.960. The number of likely N-dealkylation sites (N-methyl/N-ethyl adjacent to an activating group) is 1. The monoisotopic (exact) mass is 335 g/mol. The number of hydrogen-bond donors (Lipinski definition) is 1. The zero-order chi connectivity index (χ0) is 13.7. The number of halogens is 1. The normalized spacial score (nSPS) is 11.8. The quantitative estimate of drug-likeness (QED) is 0.792. The van der Waals surface area contributed by atoms with Gasteiger partial charge in [0.25, 0.3) is 0 Å². The van der Waals surface area contributed by atoms with Crippen LogP contribution in [-0.4, -0.2) is 13.6 Å². The van der Waals surface area contributed by atoms with Crippen molar-refractivity contribution >= 4 is 33.3 Å². The molecule has 2 rings (SSSR count). The van der Waals surface area contributed by atoms with Crippen LogP contribution >= 0.6 is 27.3 Å². The maximum absolute atomic E-state index is 3.47. The summed E-state index contributed by atoms with van der Waals surface area (Å²) in [7, 11) is 1.99. The van der Waals surface area contributed by atoms with Crippen LogP contribution in [0.25, 0.3) is 16.5 Å². The molecule has 0 aliphatic carbocycles. The van der Waals surface area contributed by atoms with Crippen LogP contribution in [0.2, 0.25) is 0 Å².